The second-order valence-corrected chi connectivity index (χ2v) is 5.16. The van der Waals surface area contributed by atoms with Gasteiger partial charge in [-0.1, -0.05) is 19.6 Å². The number of esters is 1. The van der Waals surface area contributed by atoms with Crippen molar-refractivity contribution in [3.63, 3.8) is 0 Å². The predicted octanol–water partition coefficient (Wildman–Crippen LogP) is 2.59. The molecule has 1 aliphatic carbocycles. The highest BCUT2D eigenvalue weighted by Gasteiger charge is 2.32. The molecule has 5 nitrogen and oxygen atoms in total. The van der Waals surface area contributed by atoms with E-state index in [9.17, 15) is 19.5 Å². The van der Waals surface area contributed by atoms with Gasteiger partial charge in [-0.15, -0.1) is 11.8 Å². The predicted molar refractivity (Wildman–Crippen MR) is 80.7 cm³/mol. The SMILES string of the molecule is C.COC(=O)CSC1=C(C)C(=O)c2cccc(O)c2C1=O. The Balaban J connectivity index is 0.00000220. The molecule has 0 fully saturated rings. The fourth-order valence-corrected chi connectivity index (χ4v) is 2.84. The Morgan fingerprint density at radius 1 is 1.29 bits per heavy atom. The first-order chi connectivity index (χ1) is 9.47. The van der Waals surface area contributed by atoms with E-state index in [2.05, 4.69) is 4.74 Å². The van der Waals surface area contributed by atoms with Gasteiger partial charge < -0.3 is 9.84 Å². The summed E-state index contributed by atoms with van der Waals surface area (Å²) in [4.78, 5) is 35.9. The summed E-state index contributed by atoms with van der Waals surface area (Å²) in [6.45, 7) is 1.53. The Bertz CT molecular complexity index is 645. The number of phenolic OH excluding ortho intramolecular Hbond substituents is 1. The van der Waals surface area contributed by atoms with Crippen molar-refractivity contribution < 1.29 is 24.2 Å². The van der Waals surface area contributed by atoms with E-state index in [-0.39, 0.29) is 46.3 Å². The molecule has 21 heavy (non-hydrogen) atoms. The highest BCUT2D eigenvalue weighted by Crippen LogP contribution is 2.36. The molecule has 0 bridgehead atoms. The number of methoxy groups -OCH3 is 1. The third-order valence-electron chi connectivity index (χ3n) is 2.96. The number of allylic oxidation sites excluding steroid dienone is 2. The first kappa shape index (κ1) is 17.0. The van der Waals surface area contributed by atoms with Crippen LogP contribution in [0.1, 0.15) is 35.1 Å². The minimum atomic E-state index is -0.487. The number of fused-ring (bicyclic) bond motifs is 1. The number of thioether (sulfide) groups is 1. The molecule has 1 aromatic carbocycles. The lowest BCUT2D eigenvalue weighted by molar-refractivity contribution is -0.137. The van der Waals surface area contributed by atoms with Crippen LogP contribution in [0.25, 0.3) is 0 Å². The molecule has 1 aromatic rings. The van der Waals surface area contributed by atoms with E-state index >= 15 is 0 Å². The quantitative estimate of drug-likeness (QED) is 0.864. The van der Waals surface area contributed by atoms with Crippen LogP contribution in [0.5, 0.6) is 5.75 Å². The van der Waals surface area contributed by atoms with Crippen LogP contribution in [0.3, 0.4) is 0 Å². The van der Waals surface area contributed by atoms with Crippen molar-refractivity contribution >= 4 is 29.3 Å². The lowest BCUT2D eigenvalue weighted by atomic mass is 9.89. The maximum absolute atomic E-state index is 12.4. The molecular formula is C15H16O5S. The largest absolute Gasteiger partial charge is 0.507 e. The molecule has 0 heterocycles. The molecule has 0 amide bonds. The molecule has 0 saturated carbocycles. The van der Waals surface area contributed by atoms with E-state index in [0.29, 0.717) is 0 Å². The average Bonchev–Trinajstić information content (AvgIpc) is 2.44. The van der Waals surface area contributed by atoms with Crippen LogP contribution in [-0.2, 0) is 9.53 Å². The molecule has 112 valence electrons. The number of hydrogen-bond acceptors (Lipinski definition) is 6. The summed E-state index contributed by atoms with van der Waals surface area (Å²) in [7, 11) is 1.25. The molecule has 0 unspecified atom stereocenters. The Hall–Kier alpha value is -2.08. The van der Waals surface area contributed by atoms with Crippen molar-refractivity contribution in [2.24, 2.45) is 0 Å². The molecule has 0 atom stereocenters. The summed E-state index contributed by atoms with van der Waals surface area (Å²) < 4.78 is 4.50. The molecule has 0 saturated heterocycles. The fraction of sp³-hybridized carbons (Fsp3) is 0.267. The fourth-order valence-electron chi connectivity index (χ4n) is 1.92. The summed E-state index contributed by atoms with van der Waals surface area (Å²) >= 11 is 0.946. The number of ketones is 2. The minimum absolute atomic E-state index is 0. The molecule has 0 aliphatic heterocycles. The van der Waals surface area contributed by atoms with Gasteiger partial charge in [-0.3, -0.25) is 14.4 Å². The summed E-state index contributed by atoms with van der Waals surface area (Å²) in [5.74, 6) is -1.54. The molecule has 1 aliphatic rings. The highest BCUT2D eigenvalue weighted by molar-refractivity contribution is 8.04. The first-order valence-electron chi connectivity index (χ1n) is 5.79. The minimum Gasteiger partial charge on any atom is -0.507 e. The Morgan fingerprint density at radius 2 is 1.95 bits per heavy atom. The van der Waals surface area contributed by atoms with Gasteiger partial charge in [-0.2, -0.15) is 0 Å². The number of carbonyl (C=O) groups excluding carboxylic acids is 3. The topological polar surface area (TPSA) is 80.7 Å². The second-order valence-electron chi connectivity index (χ2n) is 4.18. The third-order valence-corrected chi connectivity index (χ3v) is 4.12. The van der Waals surface area contributed by atoms with Crippen LogP contribution >= 0.6 is 11.8 Å². The van der Waals surface area contributed by atoms with E-state index < -0.39 is 11.8 Å². The summed E-state index contributed by atoms with van der Waals surface area (Å²) in [5.41, 5.74) is 0.465. The number of benzene rings is 1. The van der Waals surface area contributed by atoms with Crippen molar-refractivity contribution in [3.8, 4) is 5.75 Å². The van der Waals surface area contributed by atoms with E-state index in [1.165, 1.54) is 32.2 Å². The smallest absolute Gasteiger partial charge is 0.315 e. The zero-order valence-electron chi connectivity index (χ0n) is 10.9. The number of hydrogen-bond donors (Lipinski definition) is 1. The van der Waals surface area contributed by atoms with Gasteiger partial charge in [0.05, 0.1) is 23.3 Å². The highest BCUT2D eigenvalue weighted by atomic mass is 32.2. The molecular weight excluding hydrogens is 292 g/mol. The Morgan fingerprint density at radius 3 is 2.57 bits per heavy atom. The van der Waals surface area contributed by atoms with E-state index in [1.807, 2.05) is 0 Å². The van der Waals surface area contributed by atoms with Crippen LogP contribution in [0.2, 0.25) is 0 Å². The second kappa shape index (κ2) is 6.58. The van der Waals surface area contributed by atoms with Gasteiger partial charge in [0.25, 0.3) is 0 Å². The van der Waals surface area contributed by atoms with Crippen LogP contribution in [0.4, 0.5) is 0 Å². The molecule has 1 N–H and O–H groups in total. The van der Waals surface area contributed by atoms with Gasteiger partial charge in [-0.25, -0.2) is 0 Å². The maximum Gasteiger partial charge on any atom is 0.315 e. The van der Waals surface area contributed by atoms with Gasteiger partial charge in [0.15, 0.2) is 5.78 Å². The van der Waals surface area contributed by atoms with E-state index in [4.69, 9.17) is 0 Å². The molecule has 0 aromatic heterocycles. The van der Waals surface area contributed by atoms with Crippen molar-refractivity contribution in [1.82, 2.24) is 0 Å². The van der Waals surface area contributed by atoms with Crippen molar-refractivity contribution in [2.75, 3.05) is 12.9 Å². The zero-order chi connectivity index (χ0) is 14.9. The summed E-state index contributed by atoms with van der Waals surface area (Å²) in [6.07, 6.45) is 0. The number of rotatable bonds is 3. The Labute approximate surface area is 127 Å². The third kappa shape index (κ3) is 3.00. The average molecular weight is 308 g/mol. The number of ether oxygens (including phenoxy) is 1. The van der Waals surface area contributed by atoms with Gasteiger partial charge in [-0.05, 0) is 13.0 Å². The lowest BCUT2D eigenvalue weighted by Gasteiger charge is -2.19. The van der Waals surface area contributed by atoms with Crippen LogP contribution in [0.15, 0.2) is 28.7 Å². The van der Waals surface area contributed by atoms with Crippen LogP contribution in [-0.4, -0.2) is 35.5 Å². The molecule has 0 spiro atoms. The molecule has 6 heteroatoms. The number of aromatic hydroxyl groups is 1. The van der Waals surface area contributed by atoms with Gasteiger partial charge in [0.1, 0.15) is 5.75 Å². The summed E-state index contributed by atoms with van der Waals surface area (Å²) in [6, 6.07) is 4.37. The van der Waals surface area contributed by atoms with E-state index in [1.54, 1.807) is 0 Å². The van der Waals surface area contributed by atoms with Crippen molar-refractivity contribution in [3.05, 3.63) is 39.8 Å². The van der Waals surface area contributed by atoms with Gasteiger partial charge >= 0.3 is 5.97 Å². The normalized spacial score (nSPS) is 13.6. The summed E-state index contributed by atoms with van der Waals surface area (Å²) in [5, 5.41) is 9.78. The van der Waals surface area contributed by atoms with Crippen molar-refractivity contribution in [2.45, 2.75) is 14.4 Å². The van der Waals surface area contributed by atoms with Crippen molar-refractivity contribution in [1.29, 1.82) is 0 Å². The van der Waals surface area contributed by atoms with E-state index in [0.717, 1.165) is 11.8 Å². The number of Topliss-reactive ketones (excluding diaryl/α,β-unsaturated/α-hetero) is 2. The maximum atomic E-state index is 12.4. The van der Waals surface area contributed by atoms with Gasteiger partial charge in [0.2, 0.25) is 5.78 Å². The monoisotopic (exact) mass is 308 g/mol. The first-order valence-corrected chi connectivity index (χ1v) is 6.77. The van der Waals surface area contributed by atoms with Crippen LogP contribution in [0, 0.1) is 0 Å². The molecule has 2 rings (SSSR count). The standard InChI is InChI=1S/C14H12O5S.CH4/c1-7-12(17)8-4-3-5-9(15)11(8)13(18)14(7)20-6-10(16)19-2;/h3-5,15H,6H2,1-2H3;1H4. The lowest BCUT2D eigenvalue weighted by Crippen LogP contribution is -2.20. The van der Waals surface area contributed by atoms with Gasteiger partial charge in [0, 0.05) is 11.1 Å². The molecule has 0 radical (unpaired) electrons. The Kier molecular flexibility index (Phi) is 5.32. The van der Waals surface area contributed by atoms with Crippen LogP contribution < -0.4 is 0 Å². The number of carbonyl (C=O) groups is 3. The zero-order valence-corrected chi connectivity index (χ0v) is 11.7. The number of phenols is 1.